The average Bonchev–Trinajstić information content (AvgIpc) is 2.74. The Kier molecular flexibility index (Phi) is 9.73. The number of sulfonamides is 1. The van der Waals surface area contributed by atoms with E-state index in [1.165, 1.54) is 47.4 Å². The van der Waals surface area contributed by atoms with Gasteiger partial charge in [0.25, 0.3) is 0 Å². The molecule has 0 aliphatic heterocycles. The molecule has 0 aliphatic rings. The summed E-state index contributed by atoms with van der Waals surface area (Å²) in [5.74, 6) is -1.26. The molecule has 2 aromatic carbocycles. The fourth-order valence-electron chi connectivity index (χ4n) is 3.10. The van der Waals surface area contributed by atoms with Crippen molar-refractivity contribution >= 4 is 50.7 Å². The standard InChI is InChI=1S/C23H28Cl2FN3O4S/c1-15(2)12-27-23(31)16(3)28(13-17-5-8-19(26)9-6-17)22(30)14-29(34(4,32)33)21-10-7-18(24)11-20(21)25/h5-11,15-16H,12-14H2,1-4H3,(H,27,31)/t16-/m1/s1. The van der Waals surface area contributed by atoms with Crippen LogP contribution in [0.25, 0.3) is 0 Å². The van der Waals surface area contributed by atoms with Crippen molar-refractivity contribution < 1.29 is 22.4 Å². The zero-order valence-corrected chi connectivity index (χ0v) is 21.7. The van der Waals surface area contributed by atoms with E-state index in [1.807, 2.05) is 13.8 Å². The highest BCUT2D eigenvalue weighted by atomic mass is 35.5. The van der Waals surface area contributed by atoms with Crippen LogP contribution in [-0.4, -0.2) is 50.5 Å². The first-order valence-electron chi connectivity index (χ1n) is 10.5. The highest BCUT2D eigenvalue weighted by molar-refractivity contribution is 7.92. The van der Waals surface area contributed by atoms with E-state index in [9.17, 15) is 22.4 Å². The lowest BCUT2D eigenvalue weighted by Gasteiger charge is -2.31. The van der Waals surface area contributed by atoms with Crippen molar-refractivity contribution in [1.29, 1.82) is 0 Å². The Morgan fingerprint density at radius 3 is 2.21 bits per heavy atom. The summed E-state index contributed by atoms with van der Waals surface area (Å²) in [5.41, 5.74) is 0.661. The van der Waals surface area contributed by atoms with Crippen molar-refractivity contribution in [2.24, 2.45) is 5.92 Å². The lowest BCUT2D eigenvalue weighted by atomic mass is 10.1. The second kappa shape index (κ2) is 11.9. The molecule has 2 rings (SSSR count). The van der Waals surface area contributed by atoms with Crippen LogP contribution in [0.1, 0.15) is 26.3 Å². The highest BCUT2D eigenvalue weighted by Gasteiger charge is 2.30. The number of nitrogens with zero attached hydrogens (tertiary/aromatic N) is 2. The third-order valence-corrected chi connectivity index (χ3v) is 6.64. The Hall–Kier alpha value is -2.36. The molecule has 0 spiro atoms. The molecule has 11 heteroatoms. The Morgan fingerprint density at radius 2 is 1.68 bits per heavy atom. The zero-order valence-electron chi connectivity index (χ0n) is 19.4. The third kappa shape index (κ3) is 7.85. The predicted molar refractivity (Wildman–Crippen MR) is 133 cm³/mol. The fraction of sp³-hybridized carbons (Fsp3) is 0.391. The van der Waals surface area contributed by atoms with Crippen LogP contribution >= 0.6 is 23.2 Å². The van der Waals surface area contributed by atoms with Gasteiger partial charge in [0.05, 0.1) is 17.0 Å². The molecule has 0 aromatic heterocycles. The third-order valence-electron chi connectivity index (χ3n) is 4.98. The van der Waals surface area contributed by atoms with Gasteiger partial charge >= 0.3 is 0 Å². The second-order valence-electron chi connectivity index (χ2n) is 8.33. The molecule has 0 bridgehead atoms. The minimum Gasteiger partial charge on any atom is -0.354 e. The van der Waals surface area contributed by atoms with E-state index >= 15 is 0 Å². The van der Waals surface area contributed by atoms with Crippen LogP contribution in [-0.2, 0) is 26.2 Å². The zero-order chi connectivity index (χ0) is 25.6. The second-order valence-corrected chi connectivity index (χ2v) is 11.1. The maximum absolute atomic E-state index is 13.4. The van der Waals surface area contributed by atoms with Crippen LogP contribution in [0.2, 0.25) is 10.0 Å². The number of benzene rings is 2. The maximum atomic E-state index is 13.4. The van der Waals surface area contributed by atoms with Gasteiger partial charge in [-0.3, -0.25) is 13.9 Å². The van der Waals surface area contributed by atoms with Crippen LogP contribution in [0.3, 0.4) is 0 Å². The Morgan fingerprint density at radius 1 is 1.06 bits per heavy atom. The quantitative estimate of drug-likeness (QED) is 0.500. The van der Waals surface area contributed by atoms with Crippen LogP contribution in [0.4, 0.5) is 10.1 Å². The number of nitrogens with one attached hydrogen (secondary N) is 1. The van der Waals surface area contributed by atoms with Gasteiger partial charge in [0.15, 0.2) is 0 Å². The summed E-state index contributed by atoms with van der Waals surface area (Å²) in [6.45, 7) is 5.22. The van der Waals surface area contributed by atoms with E-state index in [-0.39, 0.29) is 29.1 Å². The molecular weight excluding hydrogens is 504 g/mol. The molecule has 1 N–H and O–H groups in total. The lowest BCUT2D eigenvalue weighted by molar-refractivity contribution is -0.139. The van der Waals surface area contributed by atoms with E-state index in [0.29, 0.717) is 17.1 Å². The van der Waals surface area contributed by atoms with Gasteiger partial charge in [-0.05, 0) is 48.7 Å². The van der Waals surface area contributed by atoms with Crippen molar-refractivity contribution in [3.63, 3.8) is 0 Å². The number of carbonyl (C=O) groups is 2. The van der Waals surface area contributed by atoms with Gasteiger partial charge in [-0.2, -0.15) is 0 Å². The number of amides is 2. The van der Waals surface area contributed by atoms with Gasteiger partial charge < -0.3 is 10.2 Å². The predicted octanol–water partition coefficient (Wildman–Crippen LogP) is 4.09. The first-order valence-corrected chi connectivity index (χ1v) is 13.1. The SMILES string of the molecule is CC(C)CNC(=O)[C@@H](C)N(Cc1ccc(F)cc1)C(=O)CN(c1ccc(Cl)cc1Cl)S(C)(=O)=O. The lowest BCUT2D eigenvalue weighted by Crippen LogP contribution is -2.51. The summed E-state index contributed by atoms with van der Waals surface area (Å²) in [7, 11) is -3.92. The summed E-state index contributed by atoms with van der Waals surface area (Å²) >= 11 is 12.1. The Labute approximate surface area is 209 Å². The highest BCUT2D eigenvalue weighted by Crippen LogP contribution is 2.30. The first-order chi connectivity index (χ1) is 15.8. The molecule has 2 amide bonds. The minimum absolute atomic E-state index is 0.0265. The minimum atomic E-state index is -3.92. The summed E-state index contributed by atoms with van der Waals surface area (Å²) in [6.07, 6.45) is 0.953. The summed E-state index contributed by atoms with van der Waals surface area (Å²) in [4.78, 5) is 27.4. The normalized spacial score (nSPS) is 12.4. The Bertz CT molecular complexity index is 1130. The van der Waals surface area contributed by atoms with Crippen molar-refractivity contribution in [2.45, 2.75) is 33.4 Å². The molecule has 186 valence electrons. The number of halogens is 3. The monoisotopic (exact) mass is 531 g/mol. The number of hydrogen-bond acceptors (Lipinski definition) is 4. The molecule has 7 nitrogen and oxygen atoms in total. The average molecular weight is 532 g/mol. The van der Waals surface area contributed by atoms with Crippen LogP contribution < -0.4 is 9.62 Å². The number of hydrogen-bond donors (Lipinski definition) is 1. The van der Waals surface area contributed by atoms with Crippen LogP contribution in [0.5, 0.6) is 0 Å². The molecule has 0 saturated heterocycles. The van der Waals surface area contributed by atoms with E-state index in [4.69, 9.17) is 23.2 Å². The van der Waals surface area contributed by atoms with Crippen molar-refractivity contribution in [2.75, 3.05) is 23.7 Å². The van der Waals surface area contributed by atoms with Crippen LogP contribution in [0.15, 0.2) is 42.5 Å². The van der Waals surface area contributed by atoms with Crippen molar-refractivity contribution in [3.8, 4) is 0 Å². The first kappa shape index (κ1) is 27.9. The smallest absolute Gasteiger partial charge is 0.244 e. The van der Waals surface area contributed by atoms with Crippen molar-refractivity contribution in [1.82, 2.24) is 10.2 Å². The van der Waals surface area contributed by atoms with Gasteiger partial charge in [-0.25, -0.2) is 12.8 Å². The van der Waals surface area contributed by atoms with Gasteiger partial charge in [0, 0.05) is 18.1 Å². The molecule has 0 saturated carbocycles. The summed E-state index contributed by atoms with van der Waals surface area (Å²) in [5, 5.41) is 3.14. The van der Waals surface area contributed by atoms with E-state index in [2.05, 4.69) is 5.32 Å². The number of rotatable bonds is 10. The summed E-state index contributed by atoms with van der Waals surface area (Å²) in [6, 6.07) is 8.82. The van der Waals surface area contributed by atoms with Gasteiger partial charge in [-0.1, -0.05) is 49.2 Å². The number of carbonyl (C=O) groups excluding carboxylic acids is 2. The Balaban J connectivity index is 2.39. The fourth-order valence-corrected chi connectivity index (χ4v) is 4.52. The van der Waals surface area contributed by atoms with E-state index in [0.717, 1.165) is 10.6 Å². The largest absolute Gasteiger partial charge is 0.354 e. The molecule has 0 fully saturated rings. The van der Waals surface area contributed by atoms with Crippen molar-refractivity contribution in [3.05, 3.63) is 63.9 Å². The molecule has 0 aliphatic carbocycles. The molecule has 1 atom stereocenters. The molecule has 0 radical (unpaired) electrons. The molecular formula is C23H28Cl2FN3O4S. The van der Waals surface area contributed by atoms with E-state index in [1.54, 1.807) is 6.92 Å². The van der Waals surface area contributed by atoms with E-state index < -0.39 is 34.3 Å². The molecule has 2 aromatic rings. The number of anilines is 1. The van der Waals surface area contributed by atoms with Gasteiger partial charge in [0.1, 0.15) is 18.4 Å². The van der Waals surface area contributed by atoms with Crippen LogP contribution in [0, 0.1) is 11.7 Å². The maximum Gasteiger partial charge on any atom is 0.244 e. The van der Waals surface area contributed by atoms with Gasteiger partial charge in [0.2, 0.25) is 21.8 Å². The molecule has 34 heavy (non-hydrogen) atoms. The molecule has 0 unspecified atom stereocenters. The van der Waals surface area contributed by atoms with Gasteiger partial charge in [-0.15, -0.1) is 0 Å². The molecule has 0 heterocycles. The summed E-state index contributed by atoms with van der Waals surface area (Å²) < 4.78 is 39.3. The topological polar surface area (TPSA) is 86.8 Å².